The van der Waals surface area contributed by atoms with E-state index >= 15 is 0 Å². The molecule has 124 valence electrons. The molecule has 0 N–H and O–H groups in total. The zero-order chi connectivity index (χ0) is 17.1. The molecule has 0 spiro atoms. The van der Waals surface area contributed by atoms with Gasteiger partial charge in [-0.3, -0.25) is 4.79 Å². The molecule has 0 aliphatic carbocycles. The first-order chi connectivity index (χ1) is 11.6. The van der Waals surface area contributed by atoms with E-state index in [0.29, 0.717) is 13.1 Å². The third-order valence-corrected chi connectivity index (χ3v) is 3.68. The number of nitrogens with zero attached hydrogens (tertiary/aromatic N) is 3. The third-order valence-electron chi connectivity index (χ3n) is 3.68. The summed E-state index contributed by atoms with van der Waals surface area (Å²) < 4.78 is 37.5. The molecule has 0 bridgehead atoms. The molecule has 1 amide bonds. The van der Waals surface area contributed by atoms with Crippen molar-refractivity contribution in [2.45, 2.75) is 19.4 Å². The molecule has 6 nitrogen and oxygen atoms in total. The molecule has 1 aromatic carbocycles. The first-order valence-corrected chi connectivity index (χ1v) is 7.34. The number of aromatic nitrogens is 1. The average molecular weight is 333 g/mol. The minimum absolute atomic E-state index is 0.0710. The van der Waals surface area contributed by atoms with Crippen LogP contribution in [0.15, 0.2) is 22.8 Å². The summed E-state index contributed by atoms with van der Waals surface area (Å²) in [4.78, 5) is 17.8. The molecule has 1 saturated heterocycles. The van der Waals surface area contributed by atoms with Crippen molar-refractivity contribution in [1.29, 1.82) is 5.26 Å². The SMILES string of the molecule is N#Cc1ccc(OCc2nc(C(=O)N3CCCC3)co2)c(F)c1F. The number of nitriles is 1. The number of likely N-dealkylation sites (tertiary alicyclic amines) is 1. The molecule has 1 aliphatic heterocycles. The van der Waals surface area contributed by atoms with Crippen LogP contribution in [-0.2, 0) is 6.61 Å². The molecule has 0 radical (unpaired) electrons. The molecule has 2 heterocycles. The van der Waals surface area contributed by atoms with Gasteiger partial charge < -0.3 is 14.1 Å². The average Bonchev–Trinajstić information content (AvgIpc) is 3.27. The molecule has 8 heteroatoms. The van der Waals surface area contributed by atoms with E-state index in [1.165, 1.54) is 12.3 Å². The second-order valence-corrected chi connectivity index (χ2v) is 5.27. The van der Waals surface area contributed by atoms with E-state index in [1.54, 1.807) is 4.90 Å². The Morgan fingerprint density at radius 2 is 2.08 bits per heavy atom. The largest absolute Gasteiger partial charge is 0.481 e. The number of hydrogen-bond donors (Lipinski definition) is 0. The maximum Gasteiger partial charge on any atom is 0.275 e. The summed E-state index contributed by atoms with van der Waals surface area (Å²) in [5.74, 6) is -3.04. The summed E-state index contributed by atoms with van der Waals surface area (Å²) in [5, 5.41) is 8.63. The Hall–Kier alpha value is -2.95. The highest BCUT2D eigenvalue weighted by Gasteiger charge is 2.23. The summed E-state index contributed by atoms with van der Waals surface area (Å²) in [6.45, 7) is 1.11. The second kappa shape index (κ2) is 6.66. The lowest BCUT2D eigenvalue weighted by Crippen LogP contribution is -2.27. The second-order valence-electron chi connectivity index (χ2n) is 5.27. The Balaban J connectivity index is 1.67. The molecular formula is C16H13F2N3O3. The predicted octanol–water partition coefficient (Wildman–Crippen LogP) is 2.64. The smallest absolute Gasteiger partial charge is 0.275 e. The highest BCUT2D eigenvalue weighted by molar-refractivity contribution is 5.92. The van der Waals surface area contributed by atoms with Crippen molar-refractivity contribution >= 4 is 5.91 Å². The molecule has 2 aromatic rings. The zero-order valence-electron chi connectivity index (χ0n) is 12.6. The monoisotopic (exact) mass is 333 g/mol. The van der Waals surface area contributed by atoms with Crippen LogP contribution in [0.1, 0.15) is 34.8 Å². The van der Waals surface area contributed by atoms with Crippen LogP contribution in [0, 0.1) is 23.0 Å². The van der Waals surface area contributed by atoms with Gasteiger partial charge in [0.15, 0.2) is 23.9 Å². The van der Waals surface area contributed by atoms with E-state index in [9.17, 15) is 13.6 Å². The van der Waals surface area contributed by atoms with Gasteiger partial charge in [0.05, 0.1) is 5.56 Å². The van der Waals surface area contributed by atoms with Gasteiger partial charge in [-0.05, 0) is 25.0 Å². The van der Waals surface area contributed by atoms with E-state index in [4.69, 9.17) is 14.4 Å². The van der Waals surface area contributed by atoms with Crippen LogP contribution in [0.4, 0.5) is 8.78 Å². The van der Waals surface area contributed by atoms with Crippen molar-refractivity contribution in [2.75, 3.05) is 13.1 Å². The van der Waals surface area contributed by atoms with Gasteiger partial charge in [-0.1, -0.05) is 0 Å². The van der Waals surface area contributed by atoms with Crippen LogP contribution in [0.5, 0.6) is 5.75 Å². The molecule has 1 aliphatic rings. The zero-order valence-corrected chi connectivity index (χ0v) is 12.6. The highest BCUT2D eigenvalue weighted by Crippen LogP contribution is 2.23. The number of rotatable bonds is 4. The van der Waals surface area contributed by atoms with E-state index in [2.05, 4.69) is 4.98 Å². The van der Waals surface area contributed by atoms with Gasteiger partial charge in [-0.25, -0.2) is 9.37 Å². The Labute approximate surface area is 136 Å². The van der Waals surface area contributed by atoms with E-state index in [1.807, 2.05) is 0 Å². The van der Waals surface area contributed by atoms with Crippen molar-refractivity contribution in [2.24, 2.45) is 0 Å². The maximum absolute atomic E-state index is 13.7. The van der Waals surface area contributed by atoms with Crippen LogP contribution >= 0.6 is 0 Å². The van der Waals surface area contributed by atoms with Crippen molar-refractivity contribution in [3.8, 4) is 11.8 Å². The number of hydrogen-bond acceptors (Lipinski definition) is 5. The number of halogens is 2. The topological polar surface area (TPSA) is 79.4 Å². The molecule has 0 atom stereocenters. The Kier molecular flexibility index (Phi) is 4.42. The lowest BCUT2D eigenvalue weighted by molar-refractivity contribution is 0.0787. The summed E-state index contributed by atoms with van der Waals surface area (Å²) in [5.41, 5.74) is -0.253. The summed E-state index contributed by atoms with van der Waals surface area (Å²) in [6, 6.07) is 3.80. The molecule has 1 fully saturated rings. The standard InChI is InChI=1S/C16H13F2N3O3/c17-14-10(7-19)3-4-12(15(14)18)23-9-13-20-11(8-24-13)16(22)21-5-1-2-6-21/h3-4,8H,1-2,5-6,9H2. The van der Waals surface area contributed by atoms with Gasteiger partial charge in [-0.15, -0.1) is 0 Å². The molecule has 3 rings (SSSR count). The Morgan fingerprint density at radius 1 is 1.33 bits per heavy atom. The van der Waals surface area contributed by atoms with Crippen LogP contribution in [0.3, 0.4) is 0 Å². The number of oxazole rings is 1. The first-order valence-electron chi connectivity index (χ1n) is 7.34. The minimum Gasteiger partial charge on any atom is -0.481 e. The summed E-state index contributed by atoms with van der Waals surface area (Å²) in [7, 11) is 0. The van der Waals surface area contributed by atoms with Crippen LogP contribution in [-0.4, -0.2) is 28.9 Å². The summed E-state index contributed by atoms with van der Waals surface area (Å²) >= 11 is 0. The van der Waals surface area contributed by atoms with Crippen LogP contribution in [0.2, 0.25) is 0 Å². The van der Waals surface area contributed by atoms with E-state index in [-0.39, 0.29) is 29.8 Å². The predicted molar refractivity (Wildman–Crippen MR) is 77.0 cm³/mol. The summed E-state index contributed by atoms with van der Waals surface area (Å²) in [6.07, 6.45) is 3.14. The van der Waals surface area contributed by atoms with Gasteiger partial charge >= 0.3 is 0 Å². The van der Waals surface area contributed by atoms with E-state index < -0.39 is 17.2 Å². The molecule has 0 unspecified atom stereocenters. The van der Waals surface area contributed by atoms with Gasteiger partial charge in [0, 0.05) is 13.1 Å². The van der Waals surface area contributed by atoms with Gasteiger partial charge in [-0.2, -0.15) is 9.65 Å². The minimum atomic E-state index is -1.27. The normalized spacial score (nSPS) is 13.8. The molecule has 1 aromatic heterocycles. The third kappa shape index (κ3) is 3.06. The van der Waals surface area contributed by atoms with Crippen molar-refractivity contribution in [1.82, 2.24) is 9.88 Å². The van der Waals surface area contributed by atoms with Crippen molar-refractivity contribution in [3.05, 3.63) is 47.2 Å². The van der Waals surface area contributed by atoms with Crippen molar-refractivity contribution < 1.29 is 22.7 Å². The highest BCUT2D eigenvalue weighted by atomic mass is 19.2. The van der Waals surface area contributed by atoms with E-state index in [0.717, 1.165) is 25.0 Å². The molecule has 0 saturated carbocycles. The number of carbonyl (C=O) groups is 1. The molecular weight excluding hydrogens is 320 g/mol. The van der Waals surface area contributed by atoms with Crippen LogP contribution < -0.4 is 4.74 Å². The lowest BCUT2D eigenvalue weighted by Gasteiger charge is -2.12. The number of amides is 1. The van der Waals surface area contributed by atoms with Gasteiger partial charge in [0.1, 0.15) is 12.3 Å². The van der Waals surface area contributed by atoms with Gasteiger partial charge in [0.25, 0.3) is 5.91 Å². The van der Waals surface area contributed by atoms with Crippen molar-refractivity contribution in [3.63, 3.8) is 0 Å². The fourth-order valence-corrected chi connectivity index (χ4v) is 2.43. The van der Waals surface area contributed by atoms with Crippen LogP contribution in [0.25, 0.3) is 0 Å². The Morgan fingerprint density at radius 3 is 2.79 bits per heavy atom. The van der Waals surface area contributed by atoms with Gasteiger partial charge in [0.2, 0.25) is 11.7 Å². The first kappa shape index (κ1) is 15.9. The number of carbonyl (C=O) groups excluding carboxylic acids is 1. The number of ether oxygens (including phenoxy) is 1. The maximum atomic E-state index is 13.7. The molecule has 24 heavy (non-hydrogen) atoms. The Bertz CT molecular complexity index is 807. The quantitative estimate of drug-likeness (QED) is 0.859. The fourth-order valence-electron chi connectivity index (χ4n) is 2.43. The number of benzene rings is 1. The lowest BCUT2D eigenvalue weighted by atomic mass is 10.2. The fraction of sp³-hybridized carbons (Fsp3) is 0.312.